The summed E-state index contributed by atoms with van der Waals surface area (Å²) in [5.74, 6) is 0.769. The van der Waals surface area contributed by atoms with Crippen LogP contribution >= 0.6 is 23.5 Å². The number of hydrogen-bond acceptors (Lipinski definition) is 10. The molecule has 1 aliphatic heterocycles. The van der Waals surface area contributed by atoms with Gasteiger partial charge >= 0.3 is 0 Å². The summed E-state index contributed by atoms with van der Waals surface area (Å²) in [7, 11) is 1.72. The number of halogens is 1. The fourth-order valence-electron chi connectivity index (χ4n) is 5.33. The minimum absolute atomic E-state index is 0.160. The van der Waals surface area contributed by atoms with Crippen LogP contribution in [0.5, 0.6) is 0 Å². The molecule has 1 atom stereocenters. The molecule has 0 bridgehead atoms. The molecular formula is C30H27ClN10O2S. The lowest BCUT2D eigenvalue weighted by atomic mass is 10.0. The zero-order valence-corrected chi connectivity index (χ0v) is 25.9. The number of amides is 1. The molecule has 222 valence electrons. The number of pyridine rings is 2. The first-order valence-corrected chi connectivity index (χ1v) is 15.2. The van der Waals surface area contributed by atoms with E-state index in [9.17, 15) is 9.59 Å². The zero-order valence-electron chi connectivity index (χ0n) is 24.3. The summed E-state index contributed by atoms with van der Waals surface area (Å²) in [6, 6.07) is 12.4. The van der Waals surface area contributed by atoms with Crippen molar-refractivity contribution in [2.24, 2.45) is 7.05 Å². The smallest absolute Gasteiger partial charge is 0.281 e. The van der Waals surface area contributed by atoms with Gasteiger partial charge in [0.1, 0.15) is 11.2 Å². The van der Waals surface area contributed by atoms with Crippen molar-refractivity contribution < 1.29 is 4.79 Å². The first kappa shape index (κ1) is 29.2. The van der Waals surface area contributed by atoms with Gasteiger partial charge in [-0.2, -0.15) is 10.4 Å². The zero-order chi connectivity index (χ0) is 31.1. The van der Waals surface area contributed by atoms with Gasteiger partial charge in [0.05, 0.1) is 40.4 Å². The highest BCUT2D eigenvalue weighted by atomic mass is 35.5. The van der Waals surface area contributed by atoms with E-state index in [1.54, 1.807) is 46.8 Å². The fraction of sp³-hybridized carbons (Fsp3) is 0.233. The second kappa shape index (κ2) is 11.6. The topological polar surface area (TPSA) is 147 Å². The van der Waals surface area contributed by atoms with Crippen molar-refractivity contribution in [2.45, 2.75) is 33.0 Å². The Bertz CT molecular complexity index is 2010. The molecule has 12 nitrogen and oxygen atoms in total. The maximum atomic E-state index is 13.7. The highest BCUT2D eigenvalue weighted by Gasteiger charge is 2.28. The minimum atomic E-state index is -0.372. The van der Waals surface area contributed by atoms with Crippen molar-refractivity contribution in [3.05, 3.63) is 97.9 Å². The van der Waals surface area contributed by atoms with Gasteiger partial charge in [-0.3, -0.25) is 18.9 Å². The van der Waals surface area contributed by atoms with E-state index >= 15 is 0 Å². The Balaban J connectivity index is 1.34. The summed E-state index contributed by atoms with van der Waals surface area (Å²) in [5.41, 5.74) is 5.14. The van der Waals surface area contributed by atoms with E-state index in [1.807, 2.05) is 37.1 Å². The molecule has 0 saturated heterocycles. The third kappa shape index (κ3) is 5.34. The molecule has 1 amide bonds. The van der Waals surface area contributed by atoms with Crippen LogP contribution in [0.4, 0.5) is 11.6 Å². The third-order valence-electron chi connectivity index (χ3n) is 7.41. The second-order valence-electron chi connectivity index (χ2n) is 10.5. The van der Waals surface area contributed by atoms with Crippen molar-refractivity contribution >= 4 is 52.0 Å². The summed E-state index contributed by atoms with van der Waals surface area (Å²) < 4.78 is 5.96. The van der Waals surface area contributed by atoms with Crippen LogP contribution in [0.2, 0.25) is 5.15 Å². The average Bonchev–Trinajstić information content (AvgIpc) is 3.59. The monoisotopic (exact) mass is 626 g/mol. The molecule has 1 unspecified atom stereocenters. The van der Waals surface area contributed by atoms with Gasteiger partial charge in [0, 0.05) is 43.4 Å². The fourth-order valence-corrected chi connectivity index (χ4v) is 5.76. The highest BCUT2D eigenvalue weighted by Crippen LogP contribution is 2.31. The number of nitriles is 1. The molecule has 1 aromatic carbocycles. The standard InChI is InChI=1S/C30H27ClN10O2S/c1-16-9-20(17(2)34-22-6-7-24(31)35-27(22)28(42)38-44-4)26-21(10-16)29(43)39(3)30(36-26)40-13-19-14-41(37-23(19)15-40)25-8-5-18(11-32)12-33-25/h5-10,12,14,17,34H,13,15H2,1-4H3,(H,38,42). The predicted molar refractivity (Wildman–Crippen MR) is 170 cm³/mol. The number of carbonyl (C=O) groups excluding carboxylic acids is 1. The molecule has 0 saturated carbocycles. The molecule has 0 spiro atoms. The molecule has 6 rings (SSSR count). The van der Waals surface area contributed by atoms with Crippen LogP contribution in [0.25, 0.3) is 16.7 Å². The van der Waals surface area contributed by atoms with Gasteiger partial charge in [-0.25, -0.2) is 19.6 Å². The van der Waals surface area contributed by atoms with E-state index in [1.165, 1.54) is 18.1 Å². The number of aryl methyl sites for hydroxylation is 1. The van der Waals surface area contributed by atoms with Crippen LogP contribution in [-0.2, 0) is 20.1 Å². The van der Waals surface area contributed by atoms with Gasteiger partial charge in [0.25, 0.3) is 11.5 Å². The Morgan fingerprint density at radius 1 is 1.18 bits per heavy atom. The number of hydrogen-bond donors (Lipinski definition) is 2. The van der Waals surface area contributed by atoms with Crippen molar-refractivity contribution in [1.29, 1.82) is 5.26 Å². The molecule has 44 heavy (non-hydrogen) atoms. The Kier molecular flexibility index (Phi) is 7.71. The molecule has 4 aromatic heterocycles. The maximum absolute atomic E-state index is 13.7. The summed E-state index contributed by atoms with van der Waals surface area (Å²) in [5, 5.41) is 17.9. The number of carbonyl (C=O) groups is 1. The highest BCUT2D eigenvalue weighted by molar-refractivity contribution is 7.97. The molecule has 14 heteroatoms. The number of benzene rings is 1. The molecule has 5 heterocycles. The van der Waals surface area contributed by atoms with E-state index in [0.717, 1.165) is 22.4 Å². The molecule has 5 aromatic rings. The molecule has 0 radical (unpaired) electrons. The number of fused-ring (bicyclic) bond motifs is 2. The van der Waals surface area contributed by atoms with Crippen LogP contribution in [0.15, 0.2) is 53.6 Å². The summed E-state index contributed by atoms with van der Waals surface area (Å²) in [6.45, 7) is 4.86. The van der Waals surface area contributed by atoms with Crippen LogP contribution < -0.4 is 20.5 Å². The second-order valence-corrected chi connectivity index (χ2v) is 11.5. The first-order valence-electron chi connectivity index (χ1n) is 13.6. The molecule has 2 N–H and O–H groups in total. The van der Waals surface area contributed by atoms with Gasteiger partial charge < -0.3 is 10.2 Å². The third-order valence-corrected chi connectivity index (χ3v) is 8.01. The lowest BCUT2D eigenvalue weighted by Crippen LogP contribution is -2.29. The van der Waals surface area contributed by atoms with E-state index in [2.05, 4.69) is 26.1 Å². The quantitative estimate of drug-likeness (QED) is 0.196. The lowest BCUT2D eigenvalue weighted by Gasteiger charge is -2.23. The Hall–Kier alpha value is -4.93. The SMILES string of the molecule is CSNC(=O)c1nc(Cl)ccc1NC(C)c1cc(C)cc2c(=O)n(C)c(N3Cc4cn(-c5ccc(C#N)cn5)nc4C3)nc12. The molecule has 1 aliphatic rings. The van der Waals surface area contributed by atoms with Crippen LogP contribution in [0.1, 0.15) is 51.4 Å². The number of aromatic nitrogens is 6. The Morgan fingerprint density at radius 3 is 2.70 bits per heavy atom. The van der Waals surface area contributed by atoms with E-state index in [4.69, 9.17) is 26.9 Å². The minimum Gasteiger partial charge on any atom is -0.377 e. The van der Waals surface area contributed by atoms with Crippen molar-refractivity contribution in [3.8, 4) is 11.9 Å². The van der Waals surface area contributed by atoms with Crippen LogP contribution in [0.3, 0.4) is 0 Å². The molecular weight excluding hydrogens is 600 g/mol. The van der Waals surface area contributed by atoms with Gasteiger partial charge in [0.2, 0.25) is 5.95 Å². The van der Waals surface area contributed by atoms with Crippen molar-refractivity contribution in [3.63, 3.8) is 0 Å². The average molecular weight is 627 g/mol. The van der Waals surface area contributed by atoms with Gasteiger partial charge in [-0.1, -0.05) is 29.6 Å². The predicted octanol–water partition coefficient (Wildman–Crippen LogP) is 4.44. The van der Waals surface area contributed by atoms with Crippen LogP contribution in [0, 0.1) is 18.3 Å². The normalized spacial score (nSPS) is 13.0. The lowest BCUT2D eigenvalue weighted by molar-refractivity contribution is 0.0980. The first-order chi connectivity index (χ1) is 21.2. The number of nitrogens with zero attached hydrogens (tertiary/aromatic N) is 8. The van der Waals surface area contributed by atoms with E-state index in [0.29, 0.717) is 47.0 Å². The van der Waals surface area contributed by atoms with E-state index < -0.39 is 0 Å². The number of nitrogens with one attached hydrogen (secondary N) is 2. The van der Waals surface area contributed by atoms with Crippen LogP contribution in [-0.4, -0.2) is 41.5 Å². The molecule has 0 aliphatic carbocycles. The number of anilines is 2. The van der Waals surface area contributed by atoms with Crippen molar-refractivity contribution in [2.75, 3.05) is 16.5 Å². The van der Waals surface area contributed by atoms with Crippen molar-refractivity contribution in [1.82, 2.24) is 34.0 Å². The molecule has 0 fully saturated rings. The Labute approximate surface area is 261 Å². The summed E-state index contributed by atoms with van der Waals surface area (Å²) in [6.07, 6.45) is 5.18. The van der Waals surface area contributed by atoms with E-state index in [-0.39, 0.29) is 28.4 Å². The maximum Gasteiger partial charge on any atom is 0.281 e. The number of rotatable bonds is 7. The summed E-state index contributed by atoms with van der Waals surface area (Å²) >= 11 is 7.27. The van der Waals surface area contributed by atoms with Gasteiger partial charge in [0.15, 0.2) is 11.5 Å². The summed E-state index contributed by atoms with van der Waals surface area (Å²) in [4.78, 5) is 42.0. The Morgan fingerprint density at radius 2 is 2.00 bits per heavy atom. The largest absolute Gasteiger partial charge is 0.377 e. The van der Waals surface area contributed by atoms with Gasteiger partial charge in [-0.15, -0.1) is 0 Å². The van der Waals surface area contributed by atoms with Gasteiger partial charge in [-0.05, 0) is 49.7 Å².